The average molecular weight is 268 g/mol. The first kappa shape index (κ1) is 14.7. The number of carbonyl (C=O) groups is 1. The standard InChI is InChI=1S/C12H16N2O5/c1-3-8(12(15)16)13-9-6-5-7-10(19-4-2)11(9)14(17)18/h5-8,13H,3-4H2,1-2H3,(H,15,16). The Morgan fingerprint density at radius 1 is 1.53 bits per heavy atom. The van der Waals surface area contributed by atoms with Crippen molar-refractivity contribution in [2.24, 2.45) is 0 Å². The summed E-state index contributed by atoms with van der Waals surface area (Å²) in [5.74, 6) is -0.934. The van der Waals surface area contributed by atoms with E-state index in [4.69, 9.17) is 9.84 Å². The molecule has 0 radical (unpaired) electrons. The van der Waals surface area contributed by atoms with Gasteiger partial charge < -0.3 is 15.2 Å². The SMILES string of the molecule is CCOc1cccc(NC(CC)C(=O)O)c1[N+](=O)[O-]. The number of nitrogens with zero attached hydrogens (tertiary/aromatic N) is 1. The molecule has 7 nitrogen and oxygen atoms in total. The first-order valence-corrected chi connectivity index (χ1v) is 5.90. The number of carboxylic acid groups (broad SMARTS) is 1. The van der Waals surface area contributed by atoms with Gasteiger partial charge in [-0.1, -0.05) is 13.0 Å². The number of ether oxygens (including phenoxy) is 1. The highest BCUT2D eigenvalue weighted by molar-refractivity contribution is 5.80. The van der Waals surface area contributed by atoms with Gasteiger partial charge in [-0.3, -0.25) is 10.1 Å². The summed E-state index contributed by atoms with van der Waals surface area (Å²) in [4.78, 5) is 21.5. The molecule has 0 fully saturated rings. The molecule has 1 aromatic carbocycles. The topological polar surface area (TPSA) is 102 Å². The van der Waals surface area contributed by atoms with Gasteiger partial charge in [0.1, 0.15) is 11.7 Å². The molecule has 0 aromatic heterocycles. The van der Waals surface area contributed by atoms with Crippen LogP contribution in [-0.4, -0.2) is 28.6 Å². The third-order valence-corrected chi connectivity index (χ3v) is 2.52. The van der Waals surface area contributed by atoms with E-state index in [1.54, 1.807) is 19.9 Å². The highest BCUT2D eigenvalue weighted by atomic mass is 16.6. The van der Waals surface area contributed by atoms with Crippen LogP contribution >= 0.6 is 0 Å². The van der Waals surface area contributed by atoms with E-state index in [0.717, 1.165) is 0 Å². The normalized spacial score (nSPS) is 11.7. The number of hydrogen-bond acceptors (Lipinski definition) is 5. The lowest BCUT2D eigenvalue weighted by atomic mass is 10.2. The fourth-order valence-corrected chi connectivity index (χ4v) is 1.63. The van der Waals surface area contributed by atoms with Crippen molar-refractivity contribution < 1.29 is 19.6 Å². The van der Waals surface area contributed by atoms with Crippen molar-refractivity contribution in [3.05, 3.63) is 28.3 Å². The third kappa shape index (κ3) is 3.57. The molecular weight excluding hydrogens is 252 g/mol. The van der Waals surface area contributed by atoms with Crippen LogP contribution in [-0.2, 0) is 4.79 Å². The van der Waals surface area contributed by atoms with Gasteiger partial charge in [0, 0.05) is 0 Å². The zero-order valence-corrected chi connectivity index (χ0v) is 10.8. The van der Waals surface area contributed by atoms with Crippen LogP contribution in [0.2, 0.25) is 0 Å². The molecular formula is C12H16N2O5. The van der Waals surface area contributed by atoms with E-state index in [1.165, 1.54) is 12.1 Å². The first-order valence-electron chi connectivity index (χ1n) is 5.90. The molecule has 0 aliphatic heterocycles. The minimum atomic E-state index is -1.06. The molecule has 104 valence electrons. The highest BCUT2D eigenvalue weighted by Gasteiger charge is 2.24. The van der Waals surface area contributed by atoms with Gasteiger partial charge in [0.05, 0.1) is 11.5 Å². The molecule has 0 saturated carbocycles. The highest BCUT2D eigenvalue weighted by Crippen LogP contribution is 2.35. The second kappa shape index (κ2) is 6.58. The lowest BCUT2D eigenvalue weighted by Gasteiger charge is -2.15. The molecule has 19 heavy (non-hydrogen) atoms. The molecule has 7 heteroatoms. The minimum Gasteiger partial charge on any atom is -0.487 e. The van der Waals surface area contributed by atoms with Crippen molar-refractivity contribution in [2.75, 3.05) is 11.9 Å². The third-order valence-electron chi connectivity index (χ3n) is 2.52. The molecule has 1 aromatic rings. The fourth-order valence-electron chi connectivity index (χ4n) is 1.63. The van der Waals surface area contributed by atoms with Crippen molar-refractivity contribution >= 4 is 17.3 Å². The maximum absolute atomic E-state index is 11.1. The number of para-hydroxylation sites is 1. The Morgan fingerprint density at radius 3 is 2.68 bits per heavy atom. The molecule has 0 aliphatic carbocycles. The minimum absolute atomic E-state index is 0.123. The van der Waals surface area contributed by atoms with Crippen LogP contribution in [0.1, 0.15) is 20.3 Å². The second-order valence-corrected chi connectivity index (χ2v) is 3.79. The molecule has 0 bridgehead atoms. The molecule has 0 heterocycles. The van der Waals surface area contributed by atoms with Gasteiger partial charge in [-0.2, -0.15) is 0 Å². The summed E-state index contributed by atoms with van der Waals surface area (Å²) in [6.07, 6.45) is 0.311. The van der Waals surface area contributed by atoms with Crippen LogP contribution < -0.4 is 10.1 Å². The van der Waals surface area contributed by atoms with Crippen LogP contribution in [0.3, 0.4) is 0 Å². The van der Waals surface area contributed by atoms with E-state index in [9.17, 15) is 14.9 Å². The number of rotatable bonds is 7. The largest absolute Gasteiger partial charge is 0.487 e. The number of nitro groups is 1. The molecule has 0 spiro atoms. The Bertz CT molecular complexity index is 475. The maximum atomic E-state index is 11.1. The molecule has 0 saturated heterocycles. The van der Waals surface area contributed by atoms with Crippen molar-refractivity contribution in [1.82, 2.24) is 0 Å². The summed E-state index contributed by atoms with van der Waals surface area (Å²) in [6.45, 7) is 3.69. The molecule has 2 N–H and O–H groups in total. The van der Waals surface area contributed by atoms with Gasteiger partial charge >= 0.3 is 11.7 Å². The van der Waals surface area contributed by atoms with Gasteiger partial charge in [-0.15, -0.1) is 0 Å². The Kier molecular flexibility index (Phi) is 5.11. The monoisotopic (exact) mass is 268 g/mol. The molecule has 0 aliphatic rings. The Morgan fingerprint density at radius 2 is 2.21 bits per heavy atom. The zero-order chi connectivity index (χ0) is 14.4. The predicted molar refractivity (Wildman–Crippen MR) is 69.6 cm³/mol. The maximum Gasteiger partial charge on any atom is 0.333 e. The number of benzene rings is 1. The van der Waals surface area contributed by atoms with E-state index < -0.39 is 16.9 Å². The van der Waals surface area contributed by atoms with Crippen LogP contribution in [0.15, 0.2) is 18.2 Å². The average Bonchev–Trinajstić information content (AvgIpc) is 2.35. The van der Waals surface area contributed by atoms with Gasteiger partial charge in [-0.05, 0) is 25.5 Å². The van der Waals surface area contributed by atoms with Crippen LogP contribution in [0.25, 0.3) is 0 Å². The van der Waals surface area contributed by atoms with Crippen LogP contribution in [0.4, 0.5) is 11.4 Å². The van der Waals surface area contributed by atoms with E-state index in [0.29, 0.717) is 13.0 Å². The van der Waals surface area contributed by atoms with Gasteiger partial charge in [0.2, 0.25) is 0 Å². The Hall–Kier alpha value is -2.31. The van der Waals surface area contributed by atoms with E-state index in [-0.39, 0.29) is 17.1 Å². The van der Waals surface area contributed by atoms with Crippen molar-refractivity contribution in [3.63, 3.8) is 0 Å². The van der Waals surface area contributed by atoms with Crippen molar-refractivity contribution in [3.8, 4) is 5.75 Å². The zero-order valence-electron chi connectivity index (χ0n) is 10.8. The smallest absolute Gasteiger partial charge is 0.333 e. The van der Waals surface area contributed by atoms with Gasteiger partial charge in [0.25, 0.3) is 0 Å². The molecule has 1 atom stereocenters. The molecule has 1 rings (SSSR count). The Balaban J connectivity index is 3.15. The molecule has 1 unspecified atom stereocenters. The lowest BCUT2D eigenvalue weighted by molar-refractivity contribution is -0.384. The Labute approximate surface area is 110 Å². The summed E-state index contributed by atoms with van der Waals surface area (Å²) in [6, 6.07) is 3.64. The van der Waals surface area contributed by atoms with E-state index in [1.807, 2.05) is 0 Å². The number of nitro benzene ring substituents is 1. The predicted octanol–water partition coefficient (Wildman–Crippen LogP) is 2.27. The van der Waals surface area contributed by atoms with Crippen LogP contribution in [0.5, 0.6) is 5.75 Å². The number of aliphatic carboxylic acids is 1. The number of nitrogens with one attached hydrogen (secondary N) is 1. The first-order chi connectivity index (χ1) is 9.01. The van der Waals surface area contributed by atoms with Crippen molar-refractivity contribution in [2.45, 2.75) is 26.3 Å². The fraction of sp³-hybridized carbons (Fsp3) is 0.417. The second-order valence-electron chi connectivity index (χ2n) is 3.79. The van der Waals surface area contributed by atoms with E-state index in [2.05, 4.69) is 5.32 Å². The van der Waals surface area contributed by atoms with Gasteiger partial charge in [0.15, 0.2) is 5.75 Å². The van der Waals surface area contributed by atoms with Crippen LogP contribution in [0, 0.1) is 10.1 Å². The summed E-state index contributed by atoms with van der Waals surface area (Å²) >= 11 is 0. The quantitative estimate of drug-likeness (QED) is 0.581. The van der Waals surface area contributed by atoms with Crippen molar-refractivity contribution in [1.29, 1.82) is 0 Å². The summed E-state index contributed by atoms with van der Waals surface area (Å²) in [5.41, 5.74) is -0.103. The summed E-state index contributed by atoms with van der Waals surface area (Å²) in [7, 11) is 0. The van der Waals surface area contributed by atoms with E-state index >= 15 is 0 Å². The lowest BCUT2D eigenvalue weighted by Crippen LogP contribution is -2.28. The molecule has 0 amide bonds. The summed E-state index contributed by atoms with van der Waals surface area (Å²) in [5, 5.41) is 22.7. The number of carboxylic acids is 1. The number of anilines is 1. The van der Waals surface area contributed by atoms with Gasteiger partial charge in [-0.25, -0.2) is 4.79 Å². The number of hydrogen-bond donors (Lipinski definition) is 2. The summed E-state index contributed by atoms with van der Waals surface area (Å²) < 4.78 is 5.19.